The van der Waals surface area contributed by atoms with Crippen LogP contribution in [0.3, 0.4) is 0 Å². The maximum atomic E-state index is 10.9. The SMILES string of the molecule is COc1ccc(C(=NNc2ccc([NH+]([O-])O)cc2)c2ccccc2)cc1. The van der Waals surface area contributed by atoms with Crippen LogP contribution in [0.5, 0.6) is 5.75 Å². The van der Waals surface area contributed by atoms with Gasteiger partial charge >= 0.3 is 0 Å². The van der Waals surface area contributed by atoms with Crippen molar-refractivity contribution >= 4 is 17.1 Å². The van der Waals surface area contributed by atoms with Crippen LogP contribution < -0.4 is 15.4 Å². The first kappa shape index (κ1) is 17.6. The van der Waals surface area contributed by atoms with Crippen LogP contribution in [0.15, 0.2) is 84.0 Å². The van der Waals surface area contributed by atoms with Gasteiger partial charge in [-0.2, -0.15) is 10.3 Å². The second-order valence-electron chi connectivity index (χ2n) is 5.55. The molecule has 0 radical (unpaired) electrons. The van der Waals surface area contributed by atoms with Gasteiger partial charge in [-0.15, -0.1) is 0 Å². The lowest BCUT2D eigenvalue weighted by Gasteiger charge is -2.12. The third-order valence-corrected chi connectivity index (χ3v) is 3.84. The molecule has 26 heavy (non-hydrogen) atoms. The van der Waals surface area contributed by atoms with Crippen molar-refractivity contribution in [1.82, 2.24) is 0 Å². The highest BCUT2D eigenvalue weighted by molar-refractivity contribution is 6.13. The maximum Gasteiger partial charge on any atom is 0.163 e. The van der Waals surface area contributed by atoms with Gasteiger partial charge in [-0.05, 0) is 36.4 Å². The van der Waals surface area contributed by atoms with E-state index in [1.54, 1.807) is 19.2 Å². The minimum absolute atomic E-state index is 0.234. The molecule has 0 heterocycles. The number of rotatable bonds is 6. The van der Waals surface area contributed by atoms with Crippen LogP contribution in [0.1, 0.15) is 11.1 Å². The molecule has 0 bridgehead atoms. The molecule has 0 aromatic heterocycles. The van der Waals surface area contributed by atoms with Crippen LogP contribution in [0.4, 0.5) is 11.4 Å². The molecular formula is C20H19N3O3. The van der Waals surface area contributed by atoms with E-state index in [0.29, 0.717) is 5.69 Å². The minimum atomic E-state index is -0.955. The van der Waals surface area contributed by atoms with Crippen LogP contribution in [-0.4, -0.2) is 18.0 Å². The van der Waals surface area contributed by atoms with E-state index in [4.69, 9.17) is 9.94 Å². The van der Waals surface area contributed by atoms with Crippen molar-refractivity contribution in [2.75, 3.05) is 12.5 Å². The van der Waals surface area contributed by atoms with Crippen molar-refractivity contribution in [3.05, 3.63) is 95.2 Å². The Labute approximate surface area is 151 Å². The molecular weight excluding hydrogens is 330 g/mol. The molecule has 3 rings (SSSR count). The molecule has 1 atom stereocenters. The highest BCUT2D eigenvalue weighted by Crippen LogP contribution is 2.17. The molecule has 6 nitrogen and oxygen atoms in total. The summed E-state index contributed by atoms with van der Waals surface area (Å²) in [5.74, 6) is 0.776. The summed E-state index contributed by atoms with van der Waals surface area (Å²) in [5, 5.41) is 23.5. The zero-order valence-corrected chi connectivity index (χ0v) is 14.2. The lowest BCUT2D eigenvalue weighted by atomic mass is 10.0. The first-order valence-corrected chi connectivity index (χ1v) is 8.04. The van der Waals surface area contributed by atoms with E-state index in [9.17, 15) is 5.21 Å². The van der Waals surface area contributed by atoms with Gasteiger partial charge in [-0.1, -0.05) is 30.3 Å². The van der Waals surface area contributed by atoms with Gasteiger partial charge in [0.05, 0.1) is 18.5 Å². The summed E-state index contributed by atoms with van der Waals surface area (Å²) in [6.45, 7) is 0. The van der Waals surface area contributed by atoms with Crippen LogP contribution in [0.2, 0.25) is 0 Å². The molecule has 0 aliphatic heterocycles. The molecule has 1 unspecified atom stereocenters. The van der Waals surface area contributed by atoms with E-state index >= 15 is 0 Å². The Balaban J connectivity index is 1.90. The smallest absolute Gasteiger partial charge is 0.163 e. The number of hydrogen-bond donors (Lipinski definition) is 3. The number of quaternary nitrogens is 1. The summed E-state index contributed by atoms with van der Waals surface area (Å²) in [6.07, 6.45) is 0. The molecule has 3 aromatic rings. The van der Waals surface area contributed by atoms with E-state index in [2.05, 4.69) is 10.5 Å². The Bertz CT molecular complexity index is 861. The number of hydrazone groups is 1. The molecule has 0 aliphatic rings. The zero-order valence-electron chi connectivity index (χ0n) is 14.2. The van der Waals surface area contributed by atoms with Crippen molar-refractivity contribution in [3.63, 3.8) is 0 Å². The second kappa shape index (κ2) is 8.26. The van der Waals surface area contributed by atoms with Crippen molar-refractivity contribution in [2.45, 2.75) is 0 Å². The van der Waals surface area contributed by atoms with Crippen LogP contribution in [0.25, 0.3) is 0 Å². The molecule has 0 saturated heterocycles. The number of hydrogen-bond acceptors (Lipinski definition) is 5. The van der Waals surface area contributed by atoms with E-state index in [1.807, 2.05) is 54.6 Å². The largest absolute Gasteiger partial charge is 0.595 e. The predicted octanol–water partition coefficient (Wildman–Crippen LogP) is 2.96. The summed E-state index contributed by atoms with van der Waals surface area (Å²) in [7, 11) is 1.63. The normalized spacial score (nSPS) is 12.5. The zero-order chi connectivity index (χ0) is 18.4. The van der Waals surface area contributed by atoms with Gasteiger partial charge in [0.1, 0.15) is 5.75 Å². The molecule has 0 spiro atoms. The Kier molecular flexibility index (Phi) is 5.60. The van der Waals surface area contributed by atoms with Crippen molar-refractivity contribution < 1.29 is 15.2 Å². The molecule has 0 amide bonds. The topological polar surface area (TPSA) is 81.3 Å². The quantitative estimate of drug-likeness (QED) is 0.472. The van der Waals surface area contributed by atoms with Gasteiger partial charge in [0, 0.05) is 23.3 Å². The fourth-order valence-electron chi connectivity index (χ4n) is 2.45. The maximum absolute atomic E-state index is 10.9. The van der Waals surface area contributed by atoms with E-state index in [0.717, 1.165) is 22.6 Å². The Morgan fingerprint density at radius 1 is 0.923 bits per heavy atom. The third-order valence-electron chi connectivity index (χ3n) is 3.84. The number of nitrogens with one attached hydrogen (secondary N) is 2. The average Bonchev–Trinajstić information content (AvgIpc) is 2.70. The number of nitrogens with zero attached hydrogens (tertiary/aromatic N) is 1. The first-order valence-electron chi connectivity index (χ1n) is 8.04. The fraction of sp³-hybridized carbons (Fsp3) is 0.0500. The summed E-state index contributed by atoms with van der Waals surface area (Å²) in [6, 6.07) is 23.9. The van der Waals surface area contributed by atoms with E-state index in [1.165, 1.54) is 12.1 Å². The van der Waals surface area contributed by atoms with E-state index in [-0.39, 0.29) is 5.69 Å². The molecule has 0 saturated carbocycles. The third kappa shape index (κ3) is 4.25. The van der Waals surface area contributed by atoms with Gasteiger partial charge in [-0.25, -0.2) is 5.21 Å². The van der Waals surface area contributed by atoms with Crippen LogP contribution in [-0.2, 0) is 0 Å². The standard InChI is InChI=1S/C20H19N3O3/c1-26-19-13-7-16(8-14-19)20(15-5-3-2-4-6-15)22-21-17-9-11-18(12-10-17)23(24)25/h2-14,21,23-24H,1H3. The van der Waals surface area contributed by atoms with Crippen molar-refractivity contribution in [2.24, 2.45) is 5.10 Å². The van der Waals surface area contributed by atoms with Gasteiger partial charge in [-0.3, -0.25) is 5.43 Å². The molecule has 0 aliphatic carbocycles. The molecule has 0 fully saturated rings. The number of benzene rings is 3. The Morgan fingerprint density at radius 2 is 1.54 bits per heavy atom. The Morgan fingerprint density at radius 3 is 2.12 bits per heavy atom. The molecule has 6 heteroatoms. The lowest BCUT2D eigenvalue weighted by Crippen LogP contribution is -2.99. The minimum Gasteiger partial charge on any atom is -0.595 e. The van der Waals surface area contributed by atoms with Crippen molar-refractivity contribution in [1.29, 1.82) is 0 Å². The van der Waals surface area contributed by atoms with Gasteiger partial charge < -0.3 is 9.94 Å². The molecule has 3 aromatic carbocycles. The van der Waals surface area contributed by atoms with Crippen LogP contribution >= 0.6 is 0 Å². The van der Waals surface area contributed by atoms with Gasteiger partial charge in [0.25, 0.3) is 0 Å². The van der Waals surface area contributed by atoms with Gasteiger partial charge in [0.2, 0.25) is 0 Å². The second-order valence-corrected chi connectivity index (χ2v) is 5.55. The lowest BCUT2D eigenvalue weighted by molar-refractivity contribution is -0.991. The van der Waals surface area contributed by atoms with Crippen LogP contribution in [0, 0.1) is 5.21 Å². The number of methoxy groups -OCH3 is 1. The summed E-state index contributed by atoms with van der Waals surface area (Å²) in [5.41, 5.74) is 6.62. The number of anilines is 1. The fourth-order valence-corrected chi connectivity index (χ4v) is 2.45. The summed E-state index contributed by atoms with van der Waals surface area (Å²) < 4.78 is 5.21. The van der Waals surface area contributed by atoms with E-state index < -0.39 is 5.23 Å². The van der Waals surface area contributed by atoms with Crippen molar-refractivity contribution in [3.8, 4) is 5.75 Å². The summed E-state index contributed by atoms with van der Waals surface area (Å²) in [4.78, 5) is 0. The average molecular weight is 349 g/mol. The summed E-state index contributed by atoms with van der Waals surface area (Å²) >= 11 is 0. The highest BCUT2D eigenvalue weighted by Gasteiger charge is 2.08. The highest BCUT2D eigenvalue weighted by atomic mass is 16.8. The Hall–Kier alpha value is -3.19. The van der Waals surface area contributed by atoms with Gasteiger partial charge in [0.15, 0.2) is 5.69 Å². The molecule has 132 valence electrons. The number of ether oxygens (including phenoxy) is 1. The molecule has 3 N–H and O–H groups in total. The first-order chi connectivity index (χ1) is 12.7. The predicted molar refractivity (Wildman–Crippen MR) is 101 cm³/mol. The monoisotopic (exact) mass is 349 g/mol.